The normalized spacial score (nSPS) is 14.1. The molecule has 1 aromatic heterocycles. The molecule has 0 amide bonds. The summed E-state index contributed by atoms with van der Waals surface area (Å²) in [5.41, 5.74) is 0.200. The van der Waals surface area contributed by atoms with Crippen LogP contribution in [0, 0.1) is 11.8 Å². The van der Waals surface area contributed by atoms with Crippen LogP contribution in [0.25, 0.3) is 0 Å². The van der Waals surface area contributed by atoms with Gasteiger partial charge < -0.3 is 5.32 Å². The molecule has 0 aliphatic heterocycles. The first-order chi connectivity index (χ1) is 8.78. The predicted octanol–water partition coefficient (Wildman–Crippen LogP) is 2.89. The highest BCUT2D eigenvalue weighted by molar-refractivity contribution is 4.86. The Morgan fingerprint density at radius 2 is 1.95 bits per heavy atom. The van der Waals surface area contributed by atoms with Crippen LogP contribution in [0.4, 0.5) is 0 Å². The summed E-state index contributed by atoms with van der Waals surface area (Å²) in [4.78, 5) is 4.38. The number of aromatic nitrogens is 3. The van der Waals surface area contributed by atoms with Crippen molar-refractivity contribution in [2.24, 2.45) is 11.8 Å². The lowest BCUT2D eigenvalue weighted by Crippen LogP contribution is -2.38. The van der Waals surface area contributed by atoms with Crippen molar-refractivity contribution in [3.05, 3.63) is 12.2 Å². The van der Waals surface area contributed by atoms with Gasteiger partial charge in [0.2, 0.25) is 0 Å². The fourth-order valence-electron chi connectivity index (χ4n) is 1.94. The van der Waals surface area contributed by atoms with Crippen molar-refractivity contribution in [3.63, 3.8) is 0 Å². The molecule has 0 aliphatic carbocycles. The number of hydrogen-bond acceptors (Lipinski definition) is 3. The second kappa shape index (κ2) is 7.04. The molecular weight excluding hydrogens is 236 g/mol. The quantitative estimate of drug-likeness (QED) is 0.825. The third-order valence-electron chi connectivity index (χ3n) is 3.08. The van der Waals surface area contributed by atoms with Crippen LogP contribution in [0.2, 0.25) is 0 Å². The Morgan fingerprint density at radius 1 is 1.26 bits per heavy atom. The van der Waals surface area contributed by atoms with Crippen LogP contribution in [-0.4, -0.2) is 26.8 Å². The van der Waals surface area contributed by atoms with Crippen LogP contribution in [0.1, 0.15) is 53.8 Å². The van der Waals surface area contributed by atoms with E-state index < -0.39 is 0 Å². The van der Waals surface area contributed by atoms with E-state index in [0.717, 1.165) is 31.8 Å². The average Bonchev–Trinajstić information content (AvgIpc) is 2.69. The first-order valence-corrected chi connectivity index (χ1v) is 7.39. The average molecular weight is 266 g/mol. The summed E-state index contributed by atoms with van der Waals surface area (Å²) < 4.78 is 2.05. The Morgan fingerprint density at radius 3 is 2.53 bits per heavy atom. The fraction of sp³-hybridized carbons (Fsp3) is 0.867. The standard InChI is InChI=1S/C15H30N4/c1-12(2)10-19-14(16-11-18-19)8-7-13(3)9-17-15(4,5)6/h11-13,17H,7-10H2,1-6H3. The van der Waals surface area contributed by atoms with Gasteiger partial charge in [0.1, 0.15) is 12.2 Å². The molecule has 1 aromatic rings. The number of rotatable bonds is 7. The third-order valence-corrected chi connectivity index (χ3v) is 3.08. The van der Waals surface area contributed by atoms with Crippen LogP contribution in [0.15, 0.2) is 6.33 Å². The molecule has 0 fully saturated rings. The number of hydrogen-bond donors (Lipinski definition) is 1. The molecule has 1 unspecified atom stereocenters. The van der Waals surface area contributed by atoms with Gasteiger partial charge in [0, 0.05) is 18.5 Å². The maximum absolute atomic E-state index is 4.38. The lowest BCUT2D eigenvalue weighted by molar-refractivity contribution is 0.368. The third kappa shape index (κ3) is 6.71. The summed E-state index contributed by atoms with van der Waals surface area (Å²) in [5.74, 6) is 2.39. The van der Waals surface area contributed by atoms with E-state index in [2.05, 4.69) is 61.6 Å². The Bertz CT molecular complexity index is 362. The molecule has 0 saturated carbocycles. The van der Waals surface area contributed by atoms with Gasteiger partial charge in [0.25, 0.3) is 0 Å². The van der Waals surface area contributed by atoms with Gasteiger partial charge in [0.05, 0.1) is 0 Å². The highest BCUT2D eigenvalue weighted by atomic mass is 15.3. The fourth-order valence-corrected chi connectivity index (χ4v) is 1.94. The van der Waals surface area contributed by atoms with Gasteiger partial charge in [-0.2, -0.15) is 5.10 Å². The van der Waals surface area contributed by atoms with E-state index in [0.29, 0.717) is 11.8 Å². The molecule has 1 heterocycles. The van der Waals surface area contributed by atoms with E-state index in [-0.39, 0.29) is 5.54 Å². The monoisotopic (exact) mass is 266 g/mol. The van der Waals surface area contributed by atoms with Gasteiger partial charge in [-0.05, 0) is 45.6 Å². The summed E-state index contributed by atoms with van der Waals surface area (Å²) in [6, 6.07) is 0. The molecule has 1 N–H and O–H groups in total. The molecule has 4 nitrogen and oxygen atoms in total. The molecule has 0 aliphatic rings. The van der Waals surface area contributed by atoms with Crippen LogP contribution in [-0.2, 0) is 13.0 Å². The zero-order chi connectivity index (χ0) is 14.5. The smallest absolute Gasteiger partial charge is 0.138 e. The van der Waals surface area contributed by atoms with Gasteiger partial charge in [-0.3, -0.25) is 0 Å². The topological polar surface area (TPSA) is 42.7 Å². The Kier molecular flexibility index (Phi) is 5.98. The van der Waals surface area contributed by atoms with Gasteiger partial charge >= 0.3 is 0 Å². The molecule has 0 saturated heterocycles. The zero-order valence-corrected chi connectivity index (χ0v) is 13.4. The van der Waals surface area contributed by atoms with Crippen molar-refractivity contribution in [1.29, 1.82) is 0 Å². The van der Waals surface area contributed by atoms with E-state index >= 15 is 0 Å². The summed E-state index contributed by atoms with van der Waals surface area (Å²) in [7, 11) is 0. The second-order valence-electron chi connectivity index (χ2n) is 7.03. The maximum atomic E-state index is 4.38. The van der Waals surface area contributed by atoms with Crippen LogP contribution in [0.3, 0.4) is 0 Å². The molecule has 0 aromatic carbocycles. The second-order valence-corrected chi connectivity index (χ2v) is 7.03. The highest BCUT2D eigenvalue weighted by Gasteiger charge is 2.12. The van der Waals surface area contributed by atoms with Crippen molar-refractivity contribution in [1.82, 2.24) is 20.1 Å². The van der Waals surface area contributed by atoms with Crippen molar-refractivity contribution in [3.8, 4) is 0 Å². The molecule has 4 heteroatoms. The Labute approximate surface area is 118 Å². The molecule has 19 heavy (non-hydrogen) atoms. The van der Waals surface area contributed by atoms with Gasteiger partial charge in [0.15, 0.2) is 0 Å². The molecule has 0 bridgehead atoms. The lowest BCUT2D eigenvalue weighted by Gasteiger charge is -2.23. The minimum atomic E-state index is 0.200. The van der Waals surface area contributed by atoms with E-state index in [1.807, 2.05) is 0 Å². The van der Waals surface area contributed by atoms with Gasteiger partial charge in [-0.1, -0.05) is 20.8 Å². The SMILES string of the molecule is CC(C)Cn1ncnc1CCC(C)CNC(C)(C)C. The maximum Gasteiger partial charge on any atom is 0.138 e. The minimum absolute atomic E-state index is 0.200. The van der Waals surface area contributed by atoms with Gasteiger partial charge in [-0.25, -0.2) is 9.67 Å². The van der Waals surface area contributed by atoms with Crippen LogP contribution < -0.4 is 5.32 Å². The zero-order valence-electron chi connectivity index (χ0n) is 13.4. The van der Waals surface area contributed by atoms with Gasteiger partial charge in [-0.15, -0.1) is 0 Å². The summed E-state index contributed by atoms with van der Waals surface area (Å²) in [6.45, 7) is 15.4. The predicted molar refractivity (Wildman–Crippen MR) is 80.1 cm³/mol. The molecule has 1 rings (SSSR count). The van der Waals surface area contributed by atoms with Crippen molar-refractivity contribution >= 4 is 0 Å². The van der Waals surface area contributed by atoms with E-state index in [4.69, 9.17) is 0 Å². The largest absolute Gasteiger partial charge is 0.312 e. The first kappa shape index (κ1) is 16.2. The highest BCUT2D eigenvalue weighted by Crippen LogP contribution is 2.10. The lowest BCUT2D eigenvalue weighted by atomic mass is 10.0. The molecular formula is C15H30N4. The van der Waals surface area contributed by atoms with E-state index in [9.17, 15) is 0 Å². The summed E-state index contributed by atoms with van der Waals surface area (Å²) in [6.07, 6.45) is 3.84. The van der Waals surface area contributed by atoms with E-state index in [1.165, 1.54) is 0 Å². The van der Waals surface area contributed by atoms with Crippen molar-refractivity contribution in [2.45, 2.75) is 66.5 Å². The first-order valence-electron chi connectivity index (χ1n) is 7.39. The van der Waals surface area contributed by atoms with Crippen molar-refractivity contribution in [2.75, 3.05) is 6.54 Å². The summed E-state index contributed by atoms with van der Waals surface area (Å²) in [5, 5.41) is 7.87. The molecule has 1 atom stereocenters. The minimum Gasteiger partial charge on any atom is -0.312 e. The molecule has 110 valence electrons. The van der Waals surface area contributed by atoms with Crippen LogP contribution >= 0.6 is 0 Å². The summed E-state index contributed by atoms with van der Waals surface area (Å²) >= 11 is 0. The Hall–Kier alpha value is -0.900. The molecule has 0 spiro atoms. The van der Waals surface area contributed by atoms with E-state index in [1.54, 1.807) is 6.33 Å². The van der Waals surface area contributed by atoms with Crippen molar-refractivity contribution < 1.29 is 0 Å². The Balaban J connectivity index is 2.38. The number of aryl methyl sites for hydroxylation is 1. The number of nitrogens with zero attached hydrogens (tertiary/aromatic N) is 3. The van der Waals surface area contributed by atoms with Crippen LogP contribution in [0.5, 0.6) is 0 Å². The number of nitrogens with one attached hydrogen (secondary N) is 1. The molecule has 0 radical (unpaired) electrons.